The van der Waals surface area contributed by atoms with Crippen molar-refractivity contribution in [1.29, 1.82) is 0 Å². The number of nitrogens with zero attached hydrogens (tertiary/aromatic N) is 5. The first-order chi connectivity index (χ1) is 15.8. The summed E-state index contributed by atoms with van der Waals surface area (Å²) in [4.78, 5) is 17.5. The first kappa shape index (κ1) is 19.4. The van der Waals surface area contributed by atoms with Crippen LogP contribution in [-0.4, -0.2) is 30.5 Å². The fraction of sp³-hybridized carbons (Fsp3) is 0.0400. The largest absolute Gasteiger partial charge is 0.305 e. The smallest absolute Gasteiger partial charge is 0.260 e. The number of aromatic nitrogens is 5. The number of amides is 1. The van der Waals surface area contributed by atoms with Crippen LogP contribution in [0.15, 0.2) is 104 Å². The van der Waals surface area contributed by atoms with Crippen molar-refractivity contribution in [2.24, 2.45) is 0 Å². The van der Waals surface area contributed by atoms with Crippen LogP contribution in [0.2, 0.25) is 0 Å². The van der Waals surface area contributed by atoms with Gasteiger partial charge in [-0.05, 0) is 24.3 Å². The predicted octanol–water partition coefficient (Wildman–Crippen LogP) is 4.43. The van der Waals surface area contributed by atoms with Gasteiger partial charge in [-0.1, -0.05) is 54.6 Å². The molecule has 1 amide bonds. The van der Waals surface area contributed by atoms with Gasteiger partial charge < -0.3 is 5.32 Å². The molecule has 0 fully saturated rings. The molecule has 7 heteroatoms. The number of pyridine rings is 1. The molecule has 0 aliphatic rings. The van der Waals surface area contributed by atoms with Crippen LogP contribution in [0.4, 0.5) is 5.82 Å². The van der Waals surface area contributed by atoms with Gasteiger partial charge in [-0.3, -0.25) is 14.5 Å². The lowest BCUT2D eigenvalue weighted by atomic mass is 10.1. The molecule has 0 spiro atoms. The molecule has 32 heavy (non-hydrogen) atoms. The highest BCUT2D eigenvalue weighted by Gasteiger charge is 2.19. The summed E-state index contributed by atoms with van der Waals surface area (Å²) >= 11 is 0. The molecule has 156 valence electrons. The van der Waals surface area contributed by atoms with Gasteiger partial charge in [-0.25, -0.2) is 4.68 Å². The molecule has 1 N–H and O–H groups in total. The monoisotopic (exact) mass is 420 g/mol. The molecule has 3 aromatic heterocycles. The summed E-state index contributed by atoms with van der Waals surface area (Å²) in [5.74, 6) is 0.200. The summed E-state index contributed by atoms with van der Waals surface area (Å²) in [6.45, 7) is 0.526. The van der Waals surface area contributed by atoms with Gasteiger partial charge in [-0.15, -0.1) is 0 Å². The number of hydrogen-bond donors (Lipinski definition) is 1. The second-order valence-electron chi connectivity index (χ2n) is 7.21. The molecule has 0 bridgehead atoms. The first-order valence-electron chi connectivity index (χ1n) is 10.2. The van der Waals surface area contributed by atoms with Crippen LogP contribution in [0.5, 0.6) is 0 Å². The SMILES string of the molecule is O=C(Nc1ccn(Cc2ccccn2)n1)c1cn(-c2ccccc2)nc1-c1ccccc1. The topological polar surface area (TPSA) is 77.6 Å². The summed E-state index contributed by atoms with van der Waals surface area (Å²) < 4.78 is 3.46. The normalized spacial score (nSPS) is 10.8. The lowest BCUT2D eigenvalue weighted by Gasteiger charge is -2.03. The Hall–Kier alpha value is -4.52. The van der Waals surface area contributed by atoms with Crippen LogP contribution in [0.1, 0.15) is 16.1 Å². The van der Waals surface area contributed by atoms with Gasteiger partial charge in [0, 0.05) is 30.2 Å². The molecule has 0 radical (unpaired) electrons. The zero-order valence-electron chi connectivity index (χ0n) is 17.2. The third kappa shape index (κ3) is 4.17. The van der Waals surface area contributed by atoms with E-state index in [1.165, 1.54) is 0 Å². The number of carbonyl (C=O) groups excluding carboxylic acids is 1. The molecular formula is C25H20N6O. The van der Waals surface area contributed by atoms with Gasteiger partial charge in [0.1, 0.15) is 5.69 Å². The van der Waals surface area contributed by atoms with Gasteiger partial charge in [-0.2, -0.15) is 10.2 Å². The average molecular weight is 420 g/mol. The van der Waals surface area contributed by atoms with Crippen LogP contribution in [0, 0.1) is 0 Å². The summed E-state index contributed by atoms with van der Waals surface area (Å²) in [7, 11) is 0. The van der Waals surface area contributed by atoms with Crippen LogP contribution in [-0.2, 0) is 6.54 Å². The van der Waals surface area contributed by atoms with Gasteiger partial charge in [0.2, 0.25) is 0 Å². The van der Waals surface area contributed by atoms with E-state index in [4.69, 9.17) is 5.10 Å². The van der Waals surface area contributed by atoms with Crippen molar-refractivity contribution in [3.63, 3.8) is 0 Å². The maximum atomic E-state index is 13.2. The average Bonchev–Trinajstić information content (AvgIpc) is 3.48. The van der Waals surface area contributed by atoms with E-state index in [-0.39, 0.29) is 5.91 Å². The molecule has 5 aromatic rings. The summed E-state index contributed by atoms with van der Waals surface area (Å²) in [6.07, 6.45) is 5.31. The van der Waals surface area contributed by atoms with Gasteiger partial charge in [0.15, 0.2) is 5.82 Å². The Morgan fingerprint density at radius 1 is 0.844 bits per heavy atom. The number of nitrogens with one attached hydrogen (secondary N) is 1. The van der Waals surface area contributed by atoms with E-state index < -0.39 is 0 Å². The molecule has 5 rings (SSSR count). The Morgan fingerprint density at radius 2 is 1.59 bits per heavy atom. The Labute approximate surface area is 185 Å². The minimum absolute atomic E-state index is 0.269. The van der Waals surface area contributed by atoms with E-state index in [1.807, 2.05) is 85.1 Å². The van der Waals surface area contributed by atoms with E-state index in [0.29, 0.717) is 23.6 Å². The molecule has 0 unspecified atom stereocenters. The van der Waals surface area contributed by atoms with Crippen molar-refractivity contribution in [3.05, 3.63) is 115 Å². The Morgan fingerprint density at radius 3 is 2.34 bits per heavy atom. The zero-order chi connectivity index (χ0) is 21.8. The summed E-state index contributed by atoms with van der Waals surface area (Å²) in [5, 5.41) is 12.0. The maximum absolute atomic E-state index is 13.2. The summed E-state index contributed by atoms with van der Waals surface area (Å²) in [6, 6.07) is 26.9. The second-order valence-corrected chi connectivity index (χ2v) is 7.21. The molecular weight excluding hydrogens is 400 g/mol. The summed E-state index contributed by atoms with van der Waals surface area (Å²) in [5.41, 5.74) is 3.72. The zero-order valence-corrected chi connectivity index (χ0v) is 17.2. The predicted molar refractivity (Wildman–Crippen MR) is 123 cm³/mol. The highest BCUT2D eigenvalue weighted by atomic mass is 16.1. The number of para-hydroxylation sites is 1. The molecule has 0 aliphatic carbocycles. The third-order valence-corrected chi connectivity index (χ3v) is 4.96. The van der Waals surface area contributed by atoms with Gasteiger partial charge in [0.05, 0.1) is 23.5 Å². The third-order valence-electron chi connectivity index (χ3n) is 4.96. The molecule has 0 aliphatic heterocycles. The molecule has 3 heterocycles. The molecule has 0 saturated carbocycles. The van der Waals surface area contributed by atoms with E-state index in [9.17, 15) is 4.79 Å². The lowest BCUT2D eigenvalue weighted by molar-refractivity contribution is 0.102. The molecule has 0 atom stereocenters. The van der Waals surface area contributed by atoms with Gasteiger partial charge in [0.25, 0.3) is 5.91 Å². The number of carbonyl (C=O) groups is 1. The maximum Gasteiger partial charge on any atom is 0.260 e. The van der Waals surface area contributed by atoms with Crippen molar-refractivity contribution < 1.29 is 4.79 Å². The minimum Gasteiger partial charge on any atom is -0.305 e. The molecule has 0 saturated heterocycles. The van der Waals surface area contributed by atoms with Crippen LogP contribution >= 0.6 is 0 Å². The fourth-order valence-corrected chi connectivity index (χ4v) is 3.42. The van der Waals surface area contributed by atoms with E-state index in [1.54, 1.807) is 27.8 Å². The molecule has 2 aromatic carbocycles. The second kappa shape index (κ2) is 8.69. The van der Waals surface area contributed by atoms with Crippen LogP contribution < -0.4 is 5.32 Å². The number of benzene rings is 2. The van der Waals surface area contributed by atoms with E-state index in [0.717, 1.165) is 16.9 Å². The van der Waals surface area contributed by atoms with Crippen molar-refractivity contribution in [1.82, 2.24) is 24.5 Å². The Bertz CT molecular complexity index is 1330. The quantitative estimate of drug-likeness (QED) is 0.441. The number of anilines is 1. The number of rotatable bonds is 6. The van der Waals surface area contributed by atoms with E-state index in [2.05, 4.69) is 15.4 Å². The highest BCUT2D eigenvalue weighted by Crippen LogP contribution is 2.24. The van der Waals surface area contributed by atoms with Crippen molar-refractivity contribution >= 4 is 11.7 Å². The van der Waals surface area contributed by atoms with E-state index >= 15 is 0 Å². The highest BCUT2D eigenvalue weighted by molar-refractivity contribution is 6.07. The standard InChI is InChI=1S/C25H20N6O/c32-25(27-23-14-16-30(28-23)17-20-11-7-8-15-26-20)22-18-31(21-12-5-2-6-13-21)29-24(22)19-9-3-1-4-10-19/h1-16,18H,17H2,(H,27,28,32). The minimum atomic E-state index is -0.269. The van der Waals surface area contributed by atoms with Crippen molar-refractivity contribution in [2.75, 3.05) is 5.32 Å². The van der Waals surface area contributed by atoms with Crippen LogP contribution in [0.3, 0.4) is 0 Å². The Kier molecular flexibility index (Phi) is 5.28. The van der Waals surface area contributed by atoms with Gasteiger partial charge >= 0.3 is 0 Å². The first-order valence-corrected chi connectivity index (χ1v) is 10.2. The molecule has 7 nitrogen and oxygen atoms in total. The van der Waals surface area contributed by atoms with Crippen molar-refractivity contribution in [2.45, 2.75) is 6.54 Å². The number of hydrogen-bond acceptors (Lipinski definition) is 4. The van der Waals surface area contributed by atoms with Crippen LogP contribution in [0.25, 0.3) is 16.9 Å². The van der Waals surface area contributed by atoms with Crippen molar-refractivity contribution in [3.8, 4) is 16.9 Å². The lowest BCUT2D eigenvalue weighted by Crippen LogP contribution is -2.13. The fourth-order valence-electron chi connectivity index (χ4n) is 3.42. The Balaban J connectivity index is 1.42.